The van der Waals surface area contributed by atoms with E-state index >= 15 is 0 Å². The summed E-state index contributed by atoms with van der Waals surface area (Å²) in [5, 5.41) is 20.8. The third kappa shape index (κ3) is 2.88. The summed E-state index contributed by atoms with van der Waals surface area (Å²) < 4.78 is 11.0. The second-order valence-corrected chi connectivity index (χ2v) is 5.65. The van der Waals surface area contributed by atoms with Gasteiger partial charge in [-0.25, -0.2) is 0 Å². The van der Waals surface area contributed by atoms with Crippen LogP contribution in [0.5, 0.6) is 0 Å². The molecule has 1 aliphatic rings. The molecule has 3 rings (SSSR count). The van der Waals surface area contributed by atoms with Crippen LogP contribution in [0.2, 0.25) is 0 Å². The van der Waals surface area contributed by atoms with Crippen molar-refractivity contribution in [3.05, 3.63) is 29.7 Å². The molecule has 0 spiro atoms. The molecule has 0 amide bonds. The van der Waals surface area contributed by atoms with Crippen LogP contribution >= 0.6 is 0 Å². The fraction of sp³-hybridized carbons (Fsp3) is 0.533. The Morgan fingerprint density at radius 1 is 1.52 bits per heavy atom. The molecule has 1 aliphatic heterocycles. The molecule has 3 heterocycles. The van der Waals surface area contributed by atoms with Gasteiger partial charge in [-0.2, -0.15) is 5.10 Å². The number of hydrogen-bond acceptors (Lipinski definition) is 5. The number of rotatable bonds is 5. The van der Waals surface area contributed by atoms with Crippen molar-refractivity contribution in [1.82, 2.24) is 15.5 Å². The summed E-state index contributed by atoms with van der Waals surface area (Å²) in [5.74, 6) is 1.64. The van der Waals surface area contributed by atoms with Crippen molar-refractivity contribution in [3.8, 4) is 11.5 Å². The topological polar surface area (TPSA) is 83.3 Å². The van der Waals surface area contributed by atoms with Crippen LogP contribution in [0.15, 0.2) is 22.7 Å². The minimum atomic E-state index is -0.787. The van der Waals surface area contributed by atoms with Gasteiger partial charge in [-0.15, -0.1) is 0 Å². The molecule has 6 nitrogen and oxygen atoms in total. The molecular weight excluding hydrogens is 270 g/mol. The van der Waals surface area contributed by atoms with E-state index in [2.05, 4.69) is 15.5 Å². The highest BCUT2D eigenvalue weighted by Crippen LogP contribution is 2.26. The fourth-order valence-corrected chi connectivity index (χ4v) is 2.64. The highest BCUT2D eigenvalue weighted by Gasteiger charge is 2.39. The Labute approximate surface area is 123 Å². The number of hydrogen-bond donors (Lipinski definition) is 3. The van der Waals surface area contributed by atoms with E-state index in [1.165, 1.54) is 0 Å². The van der Waals surface area contributed by atoms with Gasteiger partial charge in [-0.05, 0) is 26.0 Å². The van der Waals surface area contributed by atoms with Gasteiger partial charge in [0, 0.05) is 31.7 Å². The number of H-pyrrole nitrogens is 1. The van der Waals surface area contributed by atoms with Crippen molar-refractivity contribution >= 4 is 0 Å². The van der Waals surface area contributed by atoms with E-state index in [-0.39, 0.29) is 6.10 Å². The van der Waals surface area contributed by atoms with Crippen LogP contribution in [-0.4, -0.2) is 40.2 Å². The number of furan rings is 1. The highest BCUT2D eigenvalue weighted by molar-refractivity contribution is 5.56. The second-order valence-electron chi connectivity index (χ2n) is 5.65. The van der Waals surface area contributed by atoms with Crippen molar-refractivity contribution in [3.63, 3.8) is 0 Å². The summed E-state index contributed by atoms with van der Waals surface area (Å²) in [6.07, 6.45) is 2.30. The summed E-state index contributed by atoms with van der Waals surface area (Å²) in [7, 11) is 0. The van der Waals surface area contributed by atoms with Crippen molar-refractivity contribution < 1.29 is 14.3 Å². The number of aryl methyl sites for hydroxylation is 1. The maximum atomic E-state index is 10.4. The SMILES string of the molecule is Cc1ccc(-c2[nH]ncc2CNCC2(O)CCOC2C)o1. The maximum absolute atomic E-state index is 10.4. The summed E-state index contributed by atoms with van der Waals surface area (Å²) >= 11 is 0. The summed E-state index contributed by atoms with van der Waals surface area (Å²) in [4.78, 5) is 0. The molecule has 0 bridgehead atoms. The molecule has 0 aromatic carbocycles. The number of nitrogens with zero attached hydrogens (tertiary/aromatic N) is 1. The summed E-state index contributed by atoms with van der Waals surface area (Å²) in [6.45, 7) is 5.54. The lowest BCUT2D eigenvalue weighted by atomic mass is 9.96. The van der Waals surface area contributed by atoms with Crippen LogP contribution in [0, 0.1) is 6.92 Å². The van der Waals surface area contributed by atoms with Crippen LogP contribution in [0.3, 0.4) is 0 Å². The van der Waals surface area contributed by atoms with Crippen LogP contribution in [0.25, 0.3) is 11.5 Å². The lowest BCUT2D eigenvalue weighted by Gasteiger charge is -2.26. The zero-order valence-electron chi connectivity index (χ0n) is 12.3. The molecule has 2 unspecified atom stereocenters. The van der Waals surface area contributed by atoms with Crippen LogP contribution < -0.4 is 5.32 Å². The first-order valence-electron chi connectivity index (χ1n) is 7.22. The third-order valence-corrected chi connectivity index (χ3v) is 4.11. The van der Waals surface area contributed by atoms with Crippen LogP contribution in [-0.2, 0) is 11.3 Å². The first kappa shape index (κ1) is 14.3. The lowest BCUT2D eigenvalue weighted by molar-refractivity contribution is -0.0262. The number of aromatic amines is 1. The van der Waals surface area contributed by atoms with Crippen LogP contribution in [0.1, 0.15) is 24.7 Å². The van der Waals surface area contributed by atoms with Crippen molar-refractivity contribution in [2.75, 3.05) is 13.2 Å². The molecule has 21 heavy (non-hydrogen) atoms. The standard InChI is InChI=1S/C15H21N3O3/c1-10-3-4-13(21-10)14-12(8-17-18-14)7-16-9-15(19)5-6-20-11(15)2/h3-4,8,11,16,19H,5-7,9H2,1-2H3,(H,17,18). The Kier molecular flexibility index (Phi) is 3.84. The molecule has 2 aromatic heterocycles. The van der Waals surface area contributed by atoms with Gasteiger partial charge in [-0.3, -0.25) is 5.10 Å². The van der Waals surface area contributed by atoms with Gasteiger partial charge >= 0.3 is 0 Å². The first-order valence-corrected chi connectivity index (χ1v) is 7.22. The van der Waals surface area contributed by atoms with Gasteiger partial charge in [-0.1, -0.05) is 0 Å². The second kappa shape index (κ2) is 5.63. The molecule has 0 saturated carbocycles. The Hall–Kier alpha value is -1.63. The highest BCUT2D eigenvalue weighted by atomic mass is 16.5. The minimum absolute atomic E-state index is 0.137. The van der Waals surface area contributed by atoms with Crippen LogP contribution in [0.4, 0.5) is 0 Å². The normalized spacial score (nSPS) is 25.6. The Bertz CT molecular complexity index is 607. The van der Waals surface area contributed by atoms with Gasteiger partial charge in [0.05, 0.1) is 12.3 Å². The van der Waals surface area contributed by atoms with E-state index in [0.717, 1.165) is 22.8 Å². The van der Waals surface area contributed by atoms with E-state index in [9.17, 15) is 5.11 Å². The number of aromatic nitrogens is 2. The minimum Gasteiger partial charge on any atom is -0.460 e. The largest absolute Gasteiger partial charge is 0.460 e. The van der Waals surface area contributed by atoms with E-state index in [0.29, 0.717) is 26.1 Å². The Morgan fingerprint density at radius 3 is 3.05 bits per heavy atom. The molecule has 114 valence electrons. The average Bonchev–Trinajstić information content (AvgIpc) is 3.13. The zero-order valence-corrected chi connectivity index (χ0v) is 12.3. The molecule has 0 aliphatic carbocycles. The van der Waals surface area contributed by atoms with Crippen molar-refractivity contribution in [1.29, 1.82) is 0 Å². The predicted octanol–water partition coefficient (Wildman–Crippen LogP) is 1.61. The summed E-state index contributed by atoms with van der Waals surface area (Å²) in [5.41, 5.74) is 1.10. The molecule has 6 heteroatoms. The van der Waals surface area contributed by atoms with Gasteiger partial charge in [0.25, 0.3) is 0 Å². The average molecular weight is 291 g/mol. The van der Waals surface area contributed by atoms with E-state index in [1.807, 2.05) is 26.0 Å². The molecule has 3 N–H and O–H groups in total. The molecule has 1 fully saturated rings. The van der Waals surface area contributed by atoms with Crippen molar-refractivity contribution in [2.45, 2.75) is 38.5 Å². The predicted molar refractivity (Wildman–Crippen MR) is 77.7 cm³/mol. The summed E-state index contributed by atoms with van der Waals surface area (Å²) in [6, 6.07) is 3.85. The van der Waals surface area contributed by atoms with Gasteiger partial charge in [0.1, 0.15) is 17.1 Å². The Balaban J connectivity index is 1.63. The molecule has 2 aromatic rings. The number of nitrogens with one attached hydrogen (secondary N) is 2. The van der Waals surface area contributed by atoms with E-state index in [4.69, 9.17) is 9.15 Å². The molecular formula is C15H21N3O3. The molecule has 1 saturated heterocycles. The molecule has 2 atom stereocenters. The Morgan fingerprint density at radius 2 is 2.38 bits per heavy atom. The van der Waals surface area contributed by atoms with Gasteiger partial charge < -0.3 is 19.6 Å². The zero-order chi connectivity index (χ0) is 14.9. The lowest BCUT2D eigenvalue weighted by Crippen LogP contribution is -2.45. The fourth-order valence-electron chi connectivity index (χ4n) is 2.64. The molecule has 0 radical (unpaired) electrons. The monoisotopic (exact) mass is 291 g/mol. The van der Waals surface area contributed by atoms with Gasteiger partial charge in [0.15, 0.2) is 5.76 Å². The van der Waals surface area contributed by atoms with E-state index < -0.39 is 5.60 Å². The van der Waals surface area contributed by atoms with Gasteiger partial charge in [0.2, 0.25) is 0 Å². The maximum Gasteiger partial charge on any atom is 0.152 e. The third-order valence-electron chi connectivity index (χ3n) is 4.11. The number of aliphatic hydroxyl groups is 1. The smallest absolute Gasteiger partial charge is 0.152 e. The van der Waals surface area contributed by atoms with Crippen molar-refractivity contribution in [2.24, 2.45) is 0 Å². The van der Waals surface area contributed by atoms with E-state index in [1.54, 1.807) is 6.20 Å². The number of ether oxygens (including phenoxy) is 1. The first-order chi connectivity index (χ1) is 10.1. The quantitative estimate of drug-likeness (QED) is 0.779.